The molecular formula is C19H26N2O2S. The van der Waals surface area contributed by atoms with Crippen molar-refractivity contribution in [1.29, 1.82) is 0 Å². The van der Waals surface area contributed by atoms with Gasteiger partial charge in [-0.1, -0.05) is 13.3 Å². The second kappa shape index (κ2) is 6.96. The molecule has 130 valence electrons. The number of hydrogen-bond donors (Lipinski definition) is 1. The second-order valence-electron chi connectivity index (χ2n) is 7.21. The number of thiophene rings is 1. The van der Waals surface area contributed by atoms with Crippen molar-refractivity contribution in [2.24, 2.45) is 0 Å². The Morgan fingerprint density at radius 3 is 2.88 bits per heavy atom. The fourth-order valence-electron chi connectivity index (χ4n) is 4.20. The Kier molecular flexibility index (Phi) is 4.72. The van der Waals surface area contributed by atoms with E-state index in [2.05, 4.69) is 9.97 Å². The average molecular weight is 346 g/mol. The largest absolute Gasteiger partial charge is 0.474 e. The van der Waals surface area contributed by atoms with Gasteiger partial charge in [-0.3, -0.25) is 0 Å². The highest BCUT2D eigenvalue weighted by molar-refractivity contribution is 7.19. The van der Waals surface area contributed by atoms with Gasteiger partial charge in [0.05, 0.1) is 11.5 Å². The highest BCUT2D eigenvalue weighted by atomic mass is 32.1. The number of ether oxygens (including phenoxy) is 1. The molecule has 1 fully saturated rings. The molecule has 0 bridgehead atoms. The molecule has 2 aromatic heterocycles. The molecule has 4 rings (SSSR count). The maximum Gasteiger partial charge on any atom is 0.225 e. The quantitative estimate of drug-likeness (QED) is 0.860. The average Bonchev–Trinajstić information content (AvgIpc) is 3.16. The molecule has 2 aliphatic carbocycles. The van der Waals surface area contributed by atoms with E-state index in [-0.39, 0.29) is 6.10 Å². The van der Waals surface area contributed by atoms with Crippen LogP contribution in [-0.2, 0) is 6.42 Å². The van der Waals surface area contributed by atoms with Crippen LogP contribution in [-0.4, -0.2) is 27.3 Å². The zero-order valence-electron chi connectivity index (χ0n) is 14.3. The molecule has 1 saturated carbocycles. The minimum absolute atomic E-state index is 0.219. The van der Waals surface area contributed by atoms with E-state index in [4.69, 9.17) is 4.74 Å². The third kappa shape index (κ3) is 3.04. The fourth-order valence-corrected chi connectivity index (χ4v) is 5.43. The summed E-state index contributed by atoms with van der Waals surface area (Å²) in [5.41, 5.74) is 1.37. The van der Waals surface area contributed by atoms with Crippen LogP contribution < -0.4 is 4.74 Å². The summed E-state index contributed by atoms with van der Waals surface area (Å²) < 4.78 is 6.32. The lowest BCUT2D eigenvalue weighted by Crippen LogP contribution is -2.20. The monoisotopic (exact) mass is 346 g/mol. The van der Waals surface area contributed by atoms with Gasteiger partial charge in [0.1, 0.15) is 17.3 Å². The molecule has 2 aliphatic rings. The molecule has 0 radical (unpaired) electrons. The smallest absolute Gasteiger partial charge is 0.225 e. The van der Waals surface area contributed by atoms with Gasteiger partial charge in [-0.2, -0.15) is 0 Å². The molecule has 5 heteroatoms. The summed E-state index contributed by atoms with van der Waals surface area (Å²) in [5.74, 6) is 1.20. The fraction of sp³-hybridized carbons (Fsp3) is 0.684. The number of fused-ring (bicyclic) bond motifs is 3. The van der Waals surface area contributed by atoms with Gasteiger partial charge in [0.15, 0.2) is 0 Å². The Morgan fingerprint density at radius 1 is 1.25 bits per heavy atom. The number of rotatable bonds is 5. The summed E-state index contributed by atoms with van der Waals surface area (Å²) in [6.07, 6.45) is 11.7. The third-order valence-corrected chi connectivity index (χ3v) is 6.73. The van der Waals surface area contributed by atoms with Gasteiger partial charge >= 0.3 is 0 Å². The summed E-state index contributed by atoms with van der Waals surface area (Å²) in [6.45, 7) is 2.05. The number of aliphatic hydroxyl groups excluding tert-OH is 1. The first kappa shape index (κ1) is 16.3. The van der Waals surface area contributed by atoms with Gasteiger partial charge < -0.3 is 9.84 Å². The van der Waals surface area contributed by atoms with Gasteiger partial charge in [0.25, 0.3) is 0 Å². The van der Waals surface area contributed by atoms with Crippen molar-refractivity contribution >= 4 is 21.6 Å². The lowest BCUT2D eigenvalue weighted by atomic mass is 9.93. The van der Waals surface area contributed by atoms with E-state index in [1.807, 2.05) is 6.92 Å². The minimum Gasteiger partial charge on any atom is -0.474 e. The summed E-state index contributed by atoms with van der Waals surface area (Å²) in [6, 6.07) is 0. The van der Waals surface area contributed by atoms with E-state index >= 15 is 0 Å². The number of aryl methyl sites for hydroxylation is 1. The van der Waals surface area contributed by atoms with Gasteiger partial charge in [-0.25, -0.2) is 9.97 Å². The van der Waals surface area contributed by atoms with Crippen molar-refractivity contribution < 1.29 is 9.84 Å². The summed E-state index contributed by atoms with van der Waals surface area (Å²) in [7, 11) is 0. The van der Waals surface area contributed by atoms with E-state index < -0.39 is 0 Å². The van der Waals surface area contributed by atoms with Crippen molar-refractivity contribution in [1.82, 2.24) is 9.97 Å². The van der Waals surface area contributed by atoms with Crippen LogP contribution in [0.5, 0.6) is 5.88 Å². The van der Waals surface area contributed by atoms with Crippen molar-refractivity contribution in [3.8, 4) is 5.88 Å². The molecule has 24 heavy (non-hydrogen) atoms. The Morgan fingerprint density at radius 2 is 2.08 bits per heavy atom. The number of aromatic nitrogens is 2. The summed E-state index contributed by atoms with van der Waals surface area (Å²) >= 11 is 1.79. The maximum absolute atomic E-state index is 10.1. The molecule has 0 aliphatic heterocycles. The molecule has 0 spiro atoms. The molecule has 1 N–H and O–H groups in total. The minimum atomic E-state index is -0.219. The molecule has 0 aromatic carbocycles. The molecule has 0 saturated heterocycles. The van der Waals surface area contributed by atoms with Crippen LogP contribution in [0.25, 0.3) is 10.2 Å². The van der Waals surface area contributed by atoms with Crippen molar-refractivity contribution in [2.45, 2.75) is 82.8 Å². The van der Waals surface area contributed by atoms with Crippen LogP contribution in [0.1, 0.15) is 74.6 Å². The van der Waals surface area contributed by atoms with Crippen molar-refractivity contribution in [3.05, 3.63) is 16.8 Å². The molecule has 2 aromatic rings. The van der Waals surface area contributed by atoms with E-state index in [9.17, 15) is 5.11 Å². The van der Waals surface area contributed by atoms with Crippen LogP contribution in [0, 0.1) is 0 Å². The summed E-state index contributed by atoms with van der Waals surface area (Å²) in [4.78, 5) is 11.5. The molecule has 4 nitrogen and oxygen atoms in total. The zero-order valence-corrected chi connectivity index (χ0v) is 15.1. The zero-order chi connectivity index (χ0) is 16.5. The SMILES string of the molecule is CCC(O)CC1CCc2sc3ncnc(OC4CCCCC4)c3c21. The van der Waals surface area contributed by atoms with Crippen LogP contribution in [0.15, 0.2) is 6.33 Å². The van der Waals surface area contributed by atoms with Crippen LogP contribution in [0.4, 0.5) is 0 Å². The Bertz CT molecular complexity index is 709. The first-order chi connectivity index (χ1) is 11.8. The van der Waals surface area contributed by atoms with E-state index in [0.29, 0.717) is 12.0 Å². The first-order valence-electron chi connectivity index (χ1n) is 9.37. The van der Waals surface area contributed by atoms with Crippen LogP contribution in [0.3, 0.4) is 0 Å². The Balaban J connectivity index is 1.68. The van der Waals surface area contributed by atoms with Gasteiger partial charge in [-0.15, -0.1) is 11.3 Å². The lowest BCUT2D eigenvalue weighted by molar-refractivity contribution is 0.148. The first-order valence-corrected chi connectivity index (χ1v) is 10.2. The highest BCUT2D eigenvalue weighted by Crippen LogP contribution is 2.47. The topological polar surface area (TPSA) is 55.2 Å². The maximum atomic E-state index is 10.1. The normalized spacial score (nSPS) is 22.7. The van der Waals surface area contributed by atoms with E-state index in [1.165, 1.54) is 29.7 Å². The number of hydrogen-bond acceptors (Lipinski definition) is 5. The molecular weight excluding hydrogens is 320 g/mol. The summed E-state index contributed by atoms with van der Waals surface area (Å²) in [5, 5.41) is 11.3. The van der Waals surface area contributed by atoms with E-state index in [1.54, 1.807) is 17.7 Å². The van der Waals surface area contributed by atoms with Crippen molar-refractivity contribution in [3.63, 3.8) is 0 Å². The third-order valence-electron chi connectivity index (χ3n) is 5.55. The Labute approximate surface area is 147 Å². The molecule has 0 amide bonds. The number of aliphatic hydroxyl groups is 1. The molecule has 2 atom stereocenters. The van der Waals surface area contributed by atoms with Gasteiger partial charge in [-0.05, 0) is 62.8 Å². The van der Waals surface area contributed by atoms with Crippen molar-refractivity contribution in [2.75, 3.05) is 0 Å². The van der Waals surface area contributed by atoms with Crippen LogP contribution >= 0.6 is 11.3 Å². The second-order valence-corrected chi connectivity index (χ2v) is 8.29. The van der Waals surface area contributed by atoms with E-state index in [0.717, 1.165) is 54.6 Å². The highest BCUT2D eigenvalue weighted by Gasteiger charge is 2.31. The van der Waals surface area contributed by atoms with Gasteiger partial charge in [0.2, 0.25) is 5.88 Å². The standard InChI is InChI=1S/C19H26N2O2S/c1-2-13(22)10-12-8-9-15-16(12)17-18(20-11-21-19(17)24-15)23-14-6-4-3-5-7-14/h11-14,22H,2-10H2,1H3. The Hall–Kier alpha value is -1.20. The number of nitrogens with zero attached hydrogens (tertiary/aromatic N) is 2. The molecule has 2 heterocycles. The predicted molar refractivity (Wildman–Crippen MR) is 96.9 cm³/mol. The molecule has 2 unspecified atom stereocenters. The predicted octanol–water partition coefficient (Wildman–Crippen LogP) is 4.59. The van der Waals surface area contributed by atoms with Crippen LogP contribution in [0.2, 0.25) is 0 Å². The lowest BCUT2D eigenvalue weighted by Gasteiger charge is -2.23. The van der Waals surface area contributed by atoms with Gasteiger partial charge in [0, 0.05) is 4.88 Å².